The molecule has 20 heavy (non-hydrogen) atoms. The molecule has 0 aliphatic heterocycles. The van der Waals surface area contributed by atoms with Crippen LogP contribution in [0, 0.1) is 0 Å². The van der Waals surface area contributed by atoms with Crippen LogP contribution in [0.2, 0.25) is 10.0 Å². The van der Waals surface area contributed by atoms with Gasteiger partial charge in [0.15, 0.2) is 11.5 Å². The molecule has 5 heteroatoms. The normalized spacial score (nSPS) is 10.8. The van der Waals surface area contributed by atoms with Gasteiger partial charge in [0, 0.05) is 6.21 Å². The van der Waals surface area contributed by atoms with Crippen molar-refractivity contribution in [3.63, 3.8) is 0 Å². The quantitative estimate of drug-likeness (QED) is 0.762. The van der Waals surface area contributed by atoms with Crippen LogP contribution in [0.5, 0.6) is 11.5 Å². The fourth-order valence-corrected chi connectivity index (χ4v) is 2.01. The lowest BCUT2D eigenvalue weighted by atomic mass is 10.2. The summed E-state index contributed by atoms with van der Waals surface area (Å²) in [6, 6.07) is 10.9. The molecule has 0 amide bonds. The van der Waals surface area contributed by atoms with Gasteiger partial charge < -0.3 is 9.47 Å². The van der Waals surface area contributed by atoms with Crippen LogP contribution in [0.1, 0.15) is 5.56 Å². The summed E-state index contributed by atoms with van der Waals surface area (Å²) in [4.78, 5) is 4.33. The summed E-state index contributed by atoms with van der Waals surface area (Å²) in [5.74, 6) is 1.32. The minimum absolute atomic E-state index is 0.436. The number of hydrogen-bond donors (Lipinski definition) is 0. The molecule has 104 valence electrons. The fourth-order valence-electron chi connectivity index (χ4n) is 1.67. The number of ether oxygens (including phenoxy) is 2. The van der Waals surface area contributed by atoms with Crippen molar-refractivity contribution in [1.82, 2.24) is 0 Å². The van der Waals surface area contributed by atoms with Crippen LogP contribution in [0.15, 0.2) is 41.4 Å². The van der Waals surface area contributed by atoms with Gasteiger partial charge in [-0.15, -0.1) is 0 Å². The predicted octanol–water partition coefficient (Wildman–Crippen LogP) is 4.76. The van der Waals surface area contributed by atoms with Gasteiger partial charge in [-0.3, -0.25) is 4.99 Å². The summed E-state index contributed by atoms with van der Waals surface area (Å²) in [6.07, 6.45) is 1.69. The Morgan fingerprint density at radius 3 is 2.45 bits per heavy atom. The minimum atomic E-state index is 0.436. The van der Waals surface area contributed by atoms with Gasteiger partial charge in [0.1, 0.15) is 0 Å². The van der Waals surface area contributed by atoms with Gasteiger partial charge in [0.05, 0.1) is 30.0 Å². The van der Waals surface area contributed by atoms with E-state index in [0.29, 0.717) is 27.2 Å². The fraction of sp³-hybridized carbons (Fsp3) is 0.133. The lowest BCUT2D eigenvalue weighted by molar-refractivity contribution is 0.355. The Bertz CT molecular complexity index is 642. The average Bonchev–Trinajstić information content (AvgIpc) is 2.48. The average molecular weight is 310 g/mol. The van der Waals surface area contributed by atoms with Gasteiger partial charge >= 0.3 is 0 Å². The van der Waals surface area contributed by atoms with Gasteiger partial charge in [0.2, 0.25) is 0 Å². The lowest BCUT2D eigenvalue weighted by Crippen LogP contribution is -1.91. The van der Waals surface area contributed by atoms with Crippen molar-refractivity contribution < 1.29 is 9.47 Å². The molecule has 2 rings (SSSR count). The molecule has 2 aromatic rings. The van der Waals surface area contributed by atoms with Gasteiger partial charge in [-0.1, -0.05) is 29.3 Å². The number of aliphatic imine (C=N–C) groups is 1. The molecule has 0 unspecified atom stereocenters. The van der Waals surface area contributed by atoms with E-state index in [4.69, 9.17) is 32.7 Å². The summed E-state index contributed by atoms with van der Waals surface area (Å²) in [7, 11) is 3.18. The molecule has 2 aromatic carbocycles. The molecule has 0 aliphatic carbocycles. The Hall–Kier alpha value is -1.71. The zero-order chi connectivity index (χ0) is 14.5. The maximum Gasteiger partial charge on any atom is 0.161 e. The van der Waals surface area contributed by atoms with Crippen LogP contribution in [-0.4, -0.2) is 20.4 Å². The molecule has 0 aromatic heterocycles. The van der Waals surface area contributed by atoms with Crippen molar-refractivity contribution in [3.8, 4) is 11.5 Å². The zero-order valence-corrected chi connectivity index (χ0v) is 12.6. The van der Waals surface area contributed by atoms with Crippen molar-refractivity contribution in [1.29, 1.82) is 0 Å². The van der Waals surface area contributed by atoms with E-state index in [1.165, 1.54) is 0 Å². The van der Waals surface area contributed by atoms with E-state index in [-0.39, 0.29) is 0 Å². The minimum Gasteiger partial charge on any atom is -0.493 e. The second-order valence-corrected chi connectivity index (χ2v) is 4.73. The largest absolute Gasteiger partial charge is 0.493 e. The van der Waals surface area contributed by atoms with E-state index in [9.17, 15) is 0 Å². The summed E-state index contributed by atoms with van der Waals surface area (Å²) in [5.41, 5.74) is 1.49. The number of benzene rings is 2. The SMILES string of the molecule is COc1ccc(C=Nc2cccc(Cl)c2Cl)cc1OC. The molecule has 0 bridgehead atoms. The molecule has 3 nitrogen and oxygen atoms in total. The molecule has 0 N–H and O–H groups in total. The Labute approximate surface area is 127 Å². The Kier molecular flexibility index (Phi) is 4.88. The van der Waals surface area contributed by atoms with Gasteiger partial charge in [0.25, 0.3) is 0 Å². The molecular weight excluding hydrogens is 297 g/mol. The second-order valence-electron chi connectivity index (χ2n) is 3.95. The summed E-state index contributed by atoms with van der Waals surface area (Å²) < 4.78 is 10.4. The second kappa shape index (κ2) is 6.64. The molecule has 0 aliphatic rings. The molecule has 0 atom stereocenters. The smallest absolute Gasteiger partial charge is 0.161 e. The first-order chi connectivity index (χ1) is 9.65. The maximum atomic E-state index is 6.08. The van der Waals surface area contributed by atoms with Gasteiger partial charge in [-0.25, -0.2) is 0 Å². The highest BCUT2D eigenvalue weighted by atomic mass is 35.5. The van der Waals surface area contributed by atoms with Gasteiger partial charge in [-0.05, 0) is 35.9 Å². The highest BCUT2D eigenvalue weighted by Crippen LogP contribution is 2.32. The third kappa shape index (κ3) is 3.24. The molecule has 0 saturated heterocycles. The monoisotopic (exact) mass is 309 g/mol. The Morgan fingerprint density at radius 2 is 1.75 bits per heavy atom. The van der Waals surface area contributed by atoms with Crippen LogP contribution < -0.4 is 9.47 Å². The van der Waals surface area contributed by atoms with Crippen molar-refractivity contribution in [3.05, 3.63) is 52.0 Å². The number of rotatable bonds is 4. The van der Waals surface area contributed by atoms with E-state index >= 15 is 0 Å². The number of methoxy groups -OCH3 is 2. The first-order valence-corrected chi connectivity index (χ1v) is 6.61. The van der Waals surface area contributed by atoms with E-state index in [0.717, 1.165) is 5.56 Å². The van der Waals surface area contributed by atoms with E-state index in [1.807, 2.05) is 18.2 Å². The first kappa shape index (κ1) is 14.7. The van der Waals surface area contributed by atoms with E-state index in [1.54, 1.807) is 38.6 Å². The molecule has 0 saturated carbocycles. The van der Waals surface area contributed by atoms with Crippen molar-refractivity contribution in [2.75, 3.05) is 14.2 Å². The number of hydrogen-bond acceptors (Lipinski definition) is 3. The number of halogens is 2. The highest BCUT2D eigenvalue weighted by molar-refractivity contribution is 6.43. The first-order valence-electron chi connectivity index (χ1n) is 5.86. The number of nitrogens with zero attached hydrogens (tertiary/aromatic N) is 1. The van der Waals surface area contributed by atoms with Gasteiger partial charge in [-0.2, -0.15) is 0 Å². The van der Waals surface area contributed by atoms with Crippen molar-refractivity contribution >= 4 is 35.1 Å². The topological polar surface area (TPSA) is 30.8 Å². The van der Waals surface area contributed by atoms with Crippen LogP contribution in [0.3, 0.4) is 0 Å². The van der Waals surface area contributed by atoms with Crippen LogP contribution in [0.4, 0.5) is 5.69 Å². The molecule has 0 spiro atoms. The van der Waals surface area contributed by atoms with Crippen molar-refractivity contribution in [2.24, 2.45) is 4.99 Å². The molecule has 0 radical (unpaired) electrons. The summed E-state index contributed by atoms with van der Waals surface area (Å²) >= 11 is 12.0. The third-order valence-electron chi connectivity index (χ3n) is 2.69. The standard InChI is InChI=1S/C15H13Cl2NO2/c1-19-13-7-6-10(8-14(13)20-2)9-18-12-5-3-4-11(16)15(12)17/h3-9H,1-2H3. The van der Waals surface area contributed by atoms with Crippen LogP contribution in [0.25, 0.3) is 0 Å². The van der Waals surface area contributed by atoms with Crippen LogP contribution in [-0.2, 0) is 0 Å². The van der Waals surface area contributed by atoms with E-state index < -0.39 is 0 Å². The summed E-state index contributed by atoms with van der Waals surface area (Å²) in [5, 5.41) is 0.916. The highest BCUT2D eigenvalue weighted by Gasteiger charge is 2.04. The van der Waals surface area contributed by atoms with Crippen molar-refractivity contribution in [2.45, 2.75) is 0 Å². The zero-order valence-electron chi connectivity index (χ0n) is 11.1. The Balaban J connectivity index is 2.29. The predicted molar refractivity (Wildman–Crippen MR) is 83.3 cm³/mol. The maximum absolute atomic E-state index is 6.08. The lowest BCUT2D eigenvalue weighted by Gasteiger charge is -2.07. The van der Waals surface area contributed by atoms with Crippen LogP contribution >= 0.6 is 23.2 Å². The Morgan fingerprint density at radius 1 is 1.00 bits per heavy atom. The molecular formula is C15H13Cl2NO2. The summed E-state index contributed by atoms with van der Waals surface area (Å²) in [6.45, 7) is 0. The molecule has 0 fully saturated rings. The third-order valence-corrected chi connectivity index (χ3v) is 3.50. The van der Waals surface area contributed by atoms with E-state index in [2.05, 4.69) is 4.99 Å². The molecule has 0 heterocycles.